The summed E-state index contributed by atoms with van der Waals surface area (Å²) in [6.07, 6.45) is 0. The third-order valence-corrected chi connectivity index (χ3v) is 10.2. The third-order valence-electron chi connectivity index (χ3n) is 10.2. The molecule has 9 aromatic carbocycles. The van der Waals surface area contributed by atoms with Crippen LogP contribution in [0.4, 0.5) is 17.1 Å². The molecule has 0 aliphatic rings. The molecule has 0 spiro atoms. The van der Waals surface area contributed by atoms with Crippen molar-refractivity contribution in [3.05, 3.63) is 200 Å². The highest BCUT2D eigenvalue weighted by Gasteiger charge is 2.17. The van der Waals surface area contributed by atoms with E-state index < -0.39 is 0 Å². The molecule has 10 rings (SSSR count). The van der Waals surface area contributed by atoms with Crippen LogP contribution in [0.15, 0.2) is 205 Å². The van der Waals surface area contributed by atoms with Gasteiger partial charge in [0, 0.05) is 28.0 Å². The average molecular weight is 664 g/mol. The monoisotopic (exact) mass is 663 g/mol. The number of anilines is 3. The fourth-order valence-electron chi connectivity index (χ4n) is 7.62. The maximum absolute atomic E-state index is 6.43. The van der Waals surface area contributed by atoms with Gasteiger partial charge in [0.1, 0.15) is 11.3 Å². The molecule has 1 aromatic heterocycles. The summed E-state index contributed by atoms with van der Waals surface area (Å²) in [4.78, 5) is 2.36. The first-order valence-corrected chi connectivity index (χ1v) is 17.7. The van der Waals surface area contributed by atoms with Crippen molar-refractivity contribution in [2.75, 3.05) is 4.90 Å². The number of fused-ring (bicyclic) bond motifs is 5. The predicted octanol–water partition coefficient (Wildman–Crippen LogP) is 14.4. The van der Waals surface area contributed by atoms with Gasteiger partial charge in [-0.1, -0.05) is 146 Å². The Morgan fingerprint density at radius 3 is 1.73 bits per heavy atom. The summed E-state index contributed by atoms with van der Waals surface area (Å²) >= 11 is 0. The zero-order chi connectivity index (χ0) is 34.4. The van der Waals surface area contributed by atoms with Crippen LogP contribution in [0.3, 0.4) is 0 Å². The van der Waals surface area contributed by atoms with Gasteiger partial charge in [0.25, 0.3) is 0 Å². The van der Waals surface area contributed by atoms with Crippen molar-refractivity contribution >= 4 is 60.3 Å². The largest absolute Gasteiger partial charge is 0.456 e. The van der Waals surface area contributed by atoms with Gasteiger partial charge in [-0.25, -0.2) is 0 Å². The normalized spacial score (nSPS) is 11.5. The molecule has 0 bridgehead atoms. The van der Waals surface area contributed by atoms with Gasteiger partial charge in [-0.3, -0.25) is 0 Å². The summed E-state index contributed by atoms with van der Waals surface area (Å²) < 4.78 is 6.43. The smallest absolute Gasteiger partial charge is 0.136 e. The first kappa shape index (κ1) is 30.0. The molecule has 2 heteroatoms. The van der Waals surface area contributed by atoms with Gasteiger partial charge in [-0.2, -0.15) is 0 Å². The van der Waals surface area contributed by atoms with Crippen molar-refractivity contribution in [2.45, 2.75) is 0 Å². The van der Waals surface area contributed by atoms with Crippen molar-refractivity contribution in [3.8, 4) is 33.6 Å². The van der Waals surface area contributed by atoms with Gasteiger partial charge < -0.3 is 9.32 Å². The van der Waals surface area contributed by atoms with E-state index in [9.17, 15) is 0 Å². The second-order valence-electron chi connectivity index (χ2n) is 13.4. The summed E-state index contributed by atoms with van der Waals surface area (Å²) in [5.41, 5.74) is 9.88. The molecule has 0 aliphatic heterocycles. The van der Waals surface area contributed by atoms with Crippen LogP contribution >= 0.6 is 0 Å². The molecule has 0 N–H and O–H groups in total. The van der Waals surface area contributed by atoms with Crippen molar-refractivity contribution in [2.24, 2.45) is 0 Å². The first-order valence-electron chi connectivity index (χ1n) is 17.7. The molecule has 2 nitrogen and oxygen atoms in total. The Labute approximate surface area is 302 Å². The maximum atomic E-state index is 6.43. The lowest BCUT2D eigenvalue weighted by Gasteiger charge is -2.26. The quantitative estimate of drug-likeness (QED) is 0.165. The van der Waals surface area contributed by atoms with E-state index in [4.69, 9.17) is 4.42 Å². The van der Waals surface area contributed by atoms with E-state index in [0.29, 0.717) is 0 Å². The lowest BCUT2D eigenvalue weighted by atomic mass is 9.93. The molecule has 0 aliphatic carbocycles. The van der Waals surface area contributed by atoms with Crippen LogP contribution in [0.1, 0.15) is 0 Å². The van der Waals surface area contributed by atoms with Gasteiger partial charge in [0.2, 0.25) is 0 Å². The molecule has 0 fully saturated rings. The Morgan fingerprint density at radius 2 is 0.904 bits per heavy atom. The topological polar surface area (TPSA) is 16.4 Å². The van der Waals surface area contributed by atoms with Crippen LogP contribution in [-0.4, -0.2) is 0 Å². The highest BCUT2D eigenvalue weighted by atomic mass is 16.3. The fraction of sp³-hybridized carbons (Fsp3) is 0. The lowest BCUT2D eigenvalue weighted by Crippen LogP contribution is -2.10. The van der Waals surface area contributed by atoms with Gasteiger partial charge in [0.15, 0.2) is 0 Å². The molecule has 0 atom stereocenters. The Hall–Kier alpha value is -6.90. The lowest BCUT2D eigenvalue weighted by molar-refractivity contribution is 0.632. The molecular formula is C50H33NO. The van der Waals surface area contributed by atoms with Gasteiger partial charge in [0.05, 0.1) is 0 Å². The molecule has 244 valence electrons. The highest BCUT2D eigenvalue weighted by Crippen LogP contribution is 2.41. The standard InChI is InChI=1S/C50H33NO/c1-2-11-36(12-3-1)46-28-23-39(32-48(46)50-33-41-15-7-9-17-49(41)52-50)35-20-24-42(25-21-35)51(43-26-22-34-10-4-5-14-38(34)30-43)44-27-29-47-40(31-44)19-18-37-13-6-8-16-45(37)47/h1-33H. The van der Waals surface area contributed by atoms with Crippen LogP contribution < -0.4 is 4.90 Å². The van der Waals surface area contributed by atoms with E-state index >= 15 is 0 Å². The van der Waals surface area contributed by atoms with E-state index in [0.717, 1.165) is 61.6 Å². The zero-order valence-electron chi connectivity index (χ0n) is 28.4. The Balaban J connectivity index is 1.09. The molecular weight excluding hydrogens is 631 g/mol. The molecule has 0 radical (unpaired) electrons. The number of rotatable bonds is 6. The van der Waals surface area contributed by atoms with Crippen LogP contribution in [-0.2, 0) is 0 Å². The Kier molecular flexibility index (Phi) is 7.18. The van der Waals surface area contributed by atoms with E-state index in [1.165, 1.54) is 32.3 Å². The van der Waals surface area contributed by atoms with Gasteiger partial charge >= 0.3 is 0 Å². The molecule has 1 heterocycles. The van der Waals surface area contributed by atoms with E-state index in [1.807, 2.05) is 12.1 Å². The zero-order valence-corrected chi connectivity index (χ0v) is 28.4. The van der Waals surface area contributed by atoms with Crippen LogP contribution in [0, 0.1) is 0 Å². The van der Waals surface area contributed by atoms with Crippen molar-refractivity contribution in [3.63, 3.8) is 0 Å². The summed E-state index contributed by atoms with van der Waals surface area (Å²) in [6.45, 7) is 0. The van der Waals surface area contributed by atoms with E-state index in [1.54, 1.807) is 0 Å². The second-order valence-corrected chi connectivity index (χ2v) is 13.4. The third kappa shape index (κ3) is 5.30. The summed E-state index contributed by atoms with van der Waals surface area (Å²) in [7, 11) is 0. The minimum atomic E-state index is 0.866. The molecule has 0 saturated carbocycles. The Bertz CT molecular complexity index is 2870. The minimum Gasteiger partial charge on any atom is -0.456 e. The fourth-order valence-corrected chi connectivity index (χ4v) is 7.62. The predicted molar refractivity (Wildman–Crippen MR) is 220 cm³/mol. The average Bonchev–Trinajstić information content (AvgIpc) is 3.66. The second kappa shape index (κ2) is 12.5. The van der Waals surface area contributed by atoms with Crippen molar-refractivity contribution in [1.82, 2.24) is 0 Å². The maximum Gasteiger partial charge on any atom is 0.136 e. The molecule has 0 amide bonds. The summed E-state index contributed by atoms with van der Waals surface area (Å²) in [5.74, 6) is 0.866. The molecule has 0 unspecified atom stereocenters. The van der Waals surface area contributed by atoms with Crippen molar-refractivity contribution in [1.29, 1.82) is 0 Å². The van der Waals surface area contributed by atoms with E-state index in [2.05, 4.69) is 193 Å². The number of nitrogens with zero attached hydrogens (tertiary/aromatic N) is 1. The number of furan rings is 1. The number of para-hydroxylation sites is 1. The van der Waals surface area contributed by atoms with Crippen LogP contribution in [0.5, 0.6) is 0 Å². The minimum absolute atomic E-state index is 0.866. The van der Waals surface area contributed by atoms with Crippen LogP contribution in [0.2, 0.25) is 0 Å². The Morgan fingerprint density at radius 1 is 0.308 bits per heavy atom. The summed E-state index contributed by atoms with van der Waals surface area (Å²) in [6, 6.07) is 71.7. The number of hydrogen-bond donors (Lipinski definition) is 0. The van der Waals surface area contributed by atoms with Crippen molar-refractivity contribution < 1.29 is 4.42 Å². The molecule has 10 aromatic rings. The SMILES string of the molecule is c1ccc(-c2ccc(-c3ccc(N(c4ccc5ccccc5c4)c4ccc5c(ccc6ccccc65)c4)cc3)cc2-c2cc3ccccc3o2)cc1. The number of hydrogen-bond acceptors (Lipinski definition) is 2. The molecule has 52 heavy (non-hydrogen) atoms. The van der Waals surface area contributed by atoms with Crippen LogP contribution in [0.25, 0.3) is 76.9 Å². The van der Waals surface area contributed by atoms with E-state index in [-0.39, 0.29) is 0 Å². The highest BCUT2D eigenvalue weighted by molar-refractivity contribution is 6.08. The summed E-state index contributed by atoms with van der Waals surface area (Å²) in [5, 5.41) is 8.54. The number of benzene rings is 9. The first-order chi connectivity index (χ1) is 25.7. The van der Waals surface area contributed by atoms with Gasteiger partial charge in [-0.05, 0) is 109 Å². The van der Waals surface area contributed by atoms with Gasteiger partial charge in [-0.15, -0.1) is 0 Å². The molecule has 0 saturated heterocycles.